The Morgan fingerprint density at radius 3 is 2.67 bits per heavy atom. The first kappa shape index (κ1) is 12.6. The van der Waals surface area contributed by atoms with Crippen LogP contribution in [-0.2, 0) is 13.5 Å². The lowest BCUT2D eigenvalue weighted by molar-refractivity contribution is 0.552. The van der Waals surface area contributed by atoms with Crippen molar-refractivity contribution in [3.63, 3.8) is 0 Å². The minimum atomic E-state index is -0.0280. The minimum absolute atomic E-state index is 0.0280. The monoisotopic (exact) mass is 245 g/mol. The summed E-state index contributed by atoms with van der Waals surface area (Å²) in [6.07, 6.45) is 2.55. The van der Waals surface area contributed by atoms with Crippen molar-refractivity contribution in [2.45, 2.75) is 19.4 Å². The quantitative estimate of drug-likeness (QED) is 0.555. The van der Waals surface area contributed by atoms with Gasteiger partial charge in [-0.25, -0.2) is 0 Å². The van der Waals surface area contributed by atoms with Crippen LogP contribution in [0.15, 0.2) is 30.5 Å². The van der Waals surface area contributed by atoms with E-state index in [-0.39, 0.29) is 6.04 Å². The second kappa shape index (κ2) is 5.20. The molecular weight excluding hydrogens is 226 g/mol. The smallest absolute Gasteiger partial charge is 0.126 e. The van der Waals surface area contributed by atoms with Gasteiger partial charge in [0, 0.05) is 12.6 Å². The number of aromatic nitrogens is 2. The Morgan fingerprint density at radius 2 is 2.11 bits per heavy atom. The van der Waals surface area contributed by atoms with E-state index in [4.69, 9.17) is 11.6 Å². The van der Waals surface area contributed by atoms with Crippen molar-refractivity contribution >= 4 is 5.82 Å². The van der Waals surface area contributed by atoms with Gasteiger partial charge in [-0.3, -0.25) is 16.0 Å². The Morgan fingerprint density at radius 1 is 1.39 bits per heavy atom. The van der Waals surface area contributed by atoms with Crippen molar-refractivity contribution in [3.8, 4) is 0 Å². The summed E-state index contributed by atoms with van der Waals surface area (Å²) >= 11 is 0. The fraction of sp³-hybridized carbons (Fsp3) is 0.308. The highest BCUT2D eigenvalue weighted by Gasteiger charge is 2.17. The van der Waals surface area contributed by atoms with Gasteiger partial charge in [0.15, 0.2) is 0 Å². The number of nitrogens with one attached hydrogen (secondary N) is 1. The van der Waals surface area contributed by atoms with Crippen LogP contribution in [0.4, 0.5) is 5.82 Å². The summed E-state index contributed by atoms with van der Waals surface area (Å²) in [6, 6.07) is 8.23. The summed E-state index contributed by atoms with van der Waals surface area (Å²) in [4.78, 5) is 0. The van der Waals surface area contributed by atoms with Crippen LogP contribution in [0.1, 0.15) is 22.7 Å². The number of hydrogen-bond donors (Lipinski definition) is 3. The predicted molar refractivity (Wildman–Crippen MR) is 72.6 cm³/mol. The van der Waals surface area contributed by atoms with Gasteiger partial charge in [-0.1, -0.05) is 24.3 Å². The number of nitrogens with two attached hydrogens (primary N) is 2. The Balaban J connectivity index is 2.25. The molecule has 2 aromatic rings. The van der Waals surface area contributed by atoms with E-state index in [2.05, 4.69) is 29.6 Å². The maximum absolute atomic E-state index is 5.98. The Hall–Kier alpha value is -1.85. The van der Waals surface area contributed by atoms with Crippen LogP contribution in [0.3, 0.4) is 0 Å². The zero-order valence-electron chi connectivity index (χ0n) is 10.7. The van der Waals surface area contributed by atoms with E-state index in [1.165, 1.54) is 11.1 Å². The molecule has 5 nitrogen and oxygen atoms in total. The molecule has 0 fully saturated rings. The van der Waals surface area contributed by atoms with E-state index >= 15 is 0 Å². The molecule has 0 saturated heterocycles. The SMILES string of the molecule is Cc1ccccc1CC(NN)c1cnn(C)c1N. The molecule has 0 saturated carbocycles. The highest BCUT2D eigenvalue weighted by Crippen LogP contribution is 2.23. The molecule has 5 N–H and O–H groups in total. The van der Waals surface area contributed by atoms with E-state index in [0.717, 1.165) is 12.0 Å². The summed E-state index contributed by atoms with van der Waals surface area (Å²) in [5.41, 5.74) is 12.2. The number of benzene rings is 1. The van der Waals surface area contributed by atoms with Gasteiger partial charge < -0.3 is 5.73 Å². The van der Waals surface area contributed by atoms with Gasteiger partial charge in [0.05, 0.1) is 12.2 Å². The molecule has 1 aromatic carbocycles. The normalized spacial score (nSPS) is 12.6. The lowest BCUT2D eigenvalue weighted by atomic mass is 9.98. The second-order valence-corrected chi connectivity index (χ2v) is 4.46. The molecule has 0 aliphatic heterocycles. The third kappa shape index (κ3) is 2.37. The predicted octanol–water partition coefficient (Wildman–Crippen LogP) is 1.06. The highest BCUT2D eigenvalue weighted by molar-refractivity contribution is 5.42. The molecule has 0 radical (unpaired) electrons. The maximum atomic E-state index is 5.98. The Labute approximate surface area is 107 Å². The van der Waals surface area contributed by atoms with Crippen LogP contribution < -0.4 is 17.0 Å². The van der Waals surface area contributed by atoms with E-state index in [9.17, 15) is 0 Å². The van der Waals surface area contributed by atoms with E-state index in [1.54, 1.807) is 10.9 Å². The van der Waals surface area contributed by atoms with Crippen molar-refractivity contribution < 1.29 is 0 Å². The van der Waals surface area contributed by atoms with Crippen molar-refractivity contribution in [1.29, 1.82) is 0 Å². The van der Waals surface area contributed by atoms with E-state index in [0.29, 0.717) is 5.82 Å². The van der Waals surface area contributed by atoms with Gasteiger partial charge in [-0.15, -0.1) is 0 Å². The Bertz CT molecular complexity index is 532. The largest absolute Gasteiger partial charge is 0.384 e. The van der Waals surface area contributed by atoms with Crippen LogP contribution >= 0.6 is 0 Å². The van der Waals surface area contributed by atoms with Crippen LogP contribution in [0, 0.1) is 6.92 Å². The number of hydrazine groups is 1. The molecule has 0 spiro atoms. The maximum Gasteiger partial charge on any atom is 0.126 e. The zero-order valence-corrected chi connectivity index (χ0v) is 10.7. The van der Waals surface area contributed by atoms with Crippen LogP contribution in [0.2, 0.25) is 0 Å². The van der Waals surface area contributed by atoms with Gasteiger partial charge in [-0.2, -0.15) is 5.10 Å². The standard InChI is InChI=1S/C13H19N5/c1-9-5-3-4-6-10(9)7-12(17-15)11-8-16-18(2)13(11)14/h3-6,8,12,17H,7,14-15H2,1-2H3. The summed E-state index contributed by atoms with van der Waals surface area (Å²) < 4.78 is 1.65. The van der Waals surface area contributed by atoms with Crippen molar-refractivity contribution in [3.05, 3.63) is 47.2 Å². The molecule has 1 atom stereocenters. The molecule has 0 aliphatic carbocycles. The van der Waals surface area contributed by atoms with Gasteiger partial charge in [-0.05, 0) is 24.5 Å². The summed E-state index contributed by atoms with van der Waals surface area (Å²) in [6.45, 7) is 2.09. The number of hydrogen-bond acceptors (Lipinski definition) is 4. The molecule has 1 unspecified atom stereocenters. The van der Waals surface area contributed by atoms with Crippen LogP contribution in [0.25, 0.3) is 0 Å². The molecule has 96 valence electrons. The topological polar surface area (TPSA) is 81.9 Å². The molecular formula is C13H19N5. The number of aryl methyl sites for hydroxylation is 2. The fourth-order valence-electron chi connectivity index (χ4n) is 2.05. The van der Waals surface area contributed by atoms with Gasteiger partial charge >= 0.3 is 0 Å². The van der Waals surface area contributed by atoms with Crippen molar-refractivity contribution in [1.82, 2.24) is 15.2 Å². The van der Waals surface area contributed by atoms with Gasteiger partial charge in [0.25, 0.3) is 0 Å². The molecule has 2 rings (SSSR count). The van der Waals surface area contributed by atoms with E-state index < -0.39 is 0 Å². The minimum Gasteiger partial charge on any atom is -0.384 e. The van der Waals surface area contributed by atoms with Crippen molar-refractivity contribution in [2.24, 2.45) is 12.9 Å². The first-order chi connectivity index (χ1) is 8.63. The third-order valence-electron chi connectivity index (χ3n) is 3.28. The molecule has 0 aliphatic rings. The summed E-state index contributed by atoms with van der Waals surface area (Å²) in [5, 5.41) is 4.15. The molecule has 0 bridgehead atoms. The lowest BCUT2D eigenvalue weighted by Gasteiger charge is -2.16. The zero-order chi connectivity index (χ0) is 13.1. The first-order valence-electron chi connectivity index (χ1n) is 5.91. The van der Waals surface area contributed by atoms with Crippen LogP contribution in [0.5, 0.6) is 0 Å². The van der Waals surface area contributed by atoms with E-state index in [1.807, 2.05) is 19.2 Å². The Kier molecular flexibility index (Phi) is 3.64. The van der Waals surface area contributed by atoms with Crippen LogP contribution in [-0.4, -0.2) is 9.78 Å². The molecule has 1 heterocycles. The van der Waals surface area contributed by atoms with Crippen molar-refractivity contribution in [2.75, 3.05) is 5.73 Å². The highest BCUT2D eigenvalue weighted by atomic mass is 15.3. The third-order valence-corrected chi connectivity index (χ3v) is 3.28. The number of nitrogens with zero attached hydrogens (tertiary/aromatic N) is 2. The molecule has 5 heteroatoms. The second-order valence-electron chi connectivity index (χ2n) is 4.46. The summed E-state index contributed by atoms with van der Waals surface area (Å²) in [5.74, 6) is 6.28. The number of rotatable bonds is 4. The molecule has 1 aromatic heterocycles. The van der Waals surface area contributed by atoms with Gasteiger partial charge in [0.2, 0.25) is 0 Å². The van der Waals surface area contributed by atoms with Gasteiger partial charge in [0.1, 0.15) is 5.82 Å². The first-order valence-corrected chi connectivity index (χ1v) is 5.91. The molecule has 0 amide bonds. The number of nitrogen functional groups attached to an aromatic ring is 1. The average molecular weight is 245 g/mol. The fourth-order valence-corrected chi connectivity index (χ4v) is 2.05. The lowest BCUT2D eigenvalue weighted by Crippen LogP contribution is -2.30. The average Bonchev–Trinajstić information content (AvgIpc) is 2.70. The number of anilines is 1. The summed E-state index contributed by atoms with van der Waals surface area (Å²) in [7, 11) is 1.82. The molecule has 18 heavy (non-hydrogen) atoms.